The summed E-state index contributed by atoms with van der Waals surface area (Å²) in [4.78, 5) is 16.0. The molecule has 2 N–H and O–H groups in total. The number of rotatable bonds is 2. The Bertz CT molecular complexity index is 598. The van der Waals surface area contributed by atoms with Crippen molar-refractivity contribution in [1.82, 2.24) is 15.6 Å². The van der Waals surface area contributed by atoms with Crippen LogP contribution in [0.25, 0.3) is 10.2 Å². The monoisotopic (exact) mass is 265 g/mol. The number of fused-ring (bicyclic) bond motifs is 1. The molecule has 1 atom stereocenters. The summed E-state index contributed by atoms with van der Waals surface area (Å²) in [5.41, 5.74) is 0.785. The van der Waals surface area contributed by atoms with Crippen LogP contribution in [0.2, 0.25) is 0 Å². The van der Waals surface area contributed by atoms with Crippen molar-refractivity contribution in [2.24, 2.45) is 0 Å². The Morgan fingerprint density at radius 2 is 2.33 bits per heavy atom. The van der Waals surface area contributed by atoms with Crippen molar-refractivity contribution >= 4 is 27.5 Å². The highest BCUT2D eigenvalue weighted by atomic mass is 32.1. The van der Waals surface area contributed by atoms with Gasteiger partial charge in [0.2, 0.25) is 5.91 Å². The number of carbonyl (C=O) groups excluding carboxylic acids is 1. The number of carbonyl (C=O) groups is 1. The van der Waals surface area contributed by atoms with E-state index in [9.17, 15) is 9.18 Å². The van der Waals surface area contributed by atoms with Gasteiger partial charge in [0.15, 0.2) is 0 Å². The average Bonchev–Trinajstić information content (AvgIpc) is 2.73. The second-order valence-corrected chi connectivity index (χ2v) is 5.34. The molecule has 6 heteroatoms. The van der Waals surface area contributed by atoms with Crippen molar-refractivity contribution in [3.05, 3.63) is 29.0 Å². The minimum Gasteiger partial charge on any atom is -0.353 e. The van der Waals surface area contributed by atoms with Crippen molar-refractivity contribution in [3.63, 3.8) is 0 Å². The van der Waals surface area contributed by atoms with Crippen molar-refractivity contribution < 1.29 is 9.18 Å². The van der Waals surface area contributed by atoms with Gasteiger partial charge in [-0.25, -0.2) is 9.37 Å². The molecule has 1 aliphatic heterocycles. The summed E-state index contributed by atoms with van der Waals surface area (Å²) < 4.78 is 13.9. The van der Waals surface area contributed by atoms with Gasteiger partial charge >= 0.3 is 0 Å². The van der Waals surface area contributed by atoms with Crippen molar-refractivity contribution in [2.45, 2.75) is 12.5 Å². The van der Waals surface area contributed by atoms with E-state index < -0.39 is 0 Å². The van der Waals surface area contributed by atoms with E-state index in [2.05, 4.69) is 15.6 Å². The van der Waals surface area contributed by atoms with Crippen molar-refractivity contribution in [3.8, 4) is 0 Å². The number of amides is 1. The number of aromatic nitrogens is 1. The highest BCUT2D eigenvalue weighted by Crippen LogP contribution is 2.23. The lowest BCUT2D eigenvalue weighted by Gasteiger charge is -2.22. The minimum absolute atomic E-state index is 0.00619. The third-order valence-corrected chi connectivity index (χ3v) is 3.95. The molecule has 18 heavy (non-hydrogen) atoms. The topological polar surface area (TPSA) is 54.0 Å². The molecule has 0 radical (unpaired) electrons. The maximum Gasteiger partial charge on any atom is 0.237 e. The van der Waals surface area contributed by atoms with Gasteiger partial charge in [-0.05, 0) is 18.2 Å². The molecule has 1 aromatic heterocycles. The first-order valence-corrected chi connectivity index (χ1v) is 6.60. The molecule has 1 amide bonds. The van der Waals surface area contributed by atoms with Crippen LogP contribution in [-0.2, 0) is 11.2 Å². The summed E-state index contributed by atoms with van der Waals surface area (Å²) in [5.74, 6) is -0.252. The number of halogens is 1. The number of nitrogens with zero attached hydrogens (tertiary/aromatic N) is 1. The summed E-state index contributed by atoms with van der Waals surface area (Å²) in [6.45, 7) is 1.44. The molecule has 1 fully saturated rings. The summed E-state index contributed by atoms with van der Waals surface area (Å²) in [5, 5.41) is 6.82. The van der Waals surface area contributed by atoms with Crippen LogP contribution in [0.1, 0.15) is 5.01 Å². The van der Waals surface area contributed by atoms with E-state index in [1.54, 1.807) is 6.07 Å². The Morgan fingerprint density at radius 3 is 3.17 bits per heavy atom. The fourth-order valence-electron chi connectivity index (χ4n) is 2.02. The Labute approximate surface area is 107 Å². The van der Waals surface area contributed by atoms with E-state index in [1.165, 1.54) is 23.5 Å². The summed E-state index contributed by atoms with van der Waals surface area (Å²) >= 11 is 1.44. The van der Waals surface area contributed by atoms with Gasteiger partial charge in [0.05, 0.1) is 21.3 Å². The molecule has 0 saturated carbocycles. The van der Waals surface area contributed by atoms with E-state index in [0.29, 0.717) is 13.0 Å². The molecule has 3 rings (SSSR count). The Balaban J connectivity index is 1.84. The average molecular weight is 265 g/mol. The van der Waals surface area contributed by atoms with E-state index in [0.717, 1.165) is 21.8 Å². The second kappa shape index (κ2) is 4.62. The largest absolute Gasteiger partial charge is 0.353 e. The molecular formula is C12H12FN3OS. The Hall–Kier alpha value is -1.53. The maximum absolute atomic E-state index is 13.1. The molecule has 0 aliphatic carbocycles. The van der Waals surface area contributed by atoms with Gasteiger partial charge in [-0.1, -0.05) is 0 Å². The van der Waals surface area contributed by atoms with Crippen LogP contribution < -0.4 is 10.6 Å². The lowest BCUT2D eigenvalue weighted by atomic mass is 10.1. The van der Waals surface area contributed by atoms with Crippen LogP contribution >= 0.6 is 11.3 Å². The van der Waals surface area contributed by atoms with Crippen molar-refractivity contribution in [1.29, 1.82) is 0 Å². The number of nitrogens with one attached hydrogen (secondary N) is 2. The van der Waals surface area contributed by atoms with E-state index in [-0.39, 0.29) is 17.8 Å². The predicted molar refractivity (Wildman–Crippen MR) is 68.1 cm³/mol. The van der Waals surface area contributed by atoms with E-state index in [4.69, 9.17) is 0 Å². The third kappa shape index (κ3) is 2.21. The van der Waals surface area contributed by atoms with Crippen LogP contribution in [0, 0.1) is 5.82 Å². The minimum atomic E-state index is -0.258. The molecule has 2 heterocycles. The fourth-order valence-corrected chi connectivity index (χ4v) is 3.06. The molecule has 1 unspecified atom stereocenters. The van der Waals surface area contributed by atoms with Crippen LogP contribution in [0.4, 0.5) is 4.39 Å². The smallest absolute Gasteiger partial charge is 0.237 e. The van der Waals surface area contributed by atoms with Crippen LogP contribution in [0.5, 0.6) is 0 Å². The molecule has 4 nitrogen and oxygen atoms in total. The summed E-state index contributed by atoms with van der Waals surface area (Å²) in [6.07, 6.45) is 0.548. The molecule has 0 bridgehead atoms. The predicted octanol–water partition coefficient (Wildman–Crippen LogP) is 1.07. The first-order valence-electron chi connectivity index (χ1n) is 5.78. The van der Waals surface area contributed by atoms with Gasteiger partial charge in [0.25, 0.3) is 0 Å². The third-order valence-electron chi connectivity index (χ3n) is 2.90. The summed E-state index contributed by atoms with van der Waals surface area (Å²) in [6, 6.07) is 4.31. The van der Waals surface area contributed by atoms with Crippen LogP contribution in [0.3, 0.4) is 0 Å². The van der Waals surface area contributed by atoms with Gasteiger partial charge in [-0.15, -0.1) is 11.3 Å². The van der Waals surface area contributed by atoms with Gasteiger partial charge < -0.3 is 10.6 Å². The number of hydrogen-bond donors (Lipinski definition) is 2. The van der Waals surface area contributed by atoms with Gasteiger partial charge in [-0.3, -0.25) is 4.79 Å². The highest BCUT2D eigenvalue weighted by Gasteiger charge is 2.22. The molecule has 1 aromatic carbocycles. The van der Waals surface area contributed by atoms with E-state index in [1.807, 2.05) is 0 Å². The van der Waals surface area contributed by atoms with Gasteiger partial charge in [-0.2, -0.15) is 0 Å². The van der Waals surface area contributed by atoms with Crippen molar-refractivity contribution in [2.75, 3.05) is 13.1 Å². The molecular weight excluding hydrogens is 253 g/mol. The standard InChI is InChI=1S/C12H12FN3OS/c13-7-1-2-8-10(5-7)18-11(16-8)6-9-12(17)15-4-3-14-9/h1-2,5,9,14H,3-4,6H2,(H,15,17). The molecule has 94 valence electrons. The lowest BCUT2D eigenvalue weighted by Crippen LogP contribution is -2.53. The van der Waals surface area contributed by atoms with Crippen LogP contribution in [-0.4, -0.2) is 30.0 Å². The quantitative estimate of drug-likeness (QED) is 0.854. The zero-order valence-corrected chi connectivity index (χ0v) is 10.4. The lowest BCUT2D eigenvalue weighted by molar-refractivity contribution is -0.124. The summed E-state index contributed by atoms with van der Waals surface area (Å²) in [7, 11) is 0. The Kier molecular flexibility index (Phi) is 2.97. The number of thiazole rings is 1. The molecule has 1 saturated heterocycles. The number of benzene rings is 1. The van der Waals surface area contributed by atoms with Crippen LogP contribution in [0.15, 0.2) is 18.2 Å². The first-order chi connectivity index (χ1) is 8.72. The molecule has 1 aliphatic rings. The number of piperazine rings is 1. The Morgan fingerprint density at radius 1 is 1.44 bits per heavy atom. The fraction of sp³-hybridized carbons (Fsp3) is 0.333. The normalized spacial score (nSPS) is 20.1. The molecule has 0 spiro atoms. The van der Waals surface area contributed by atoms with Gasteiger partial charge in [0, 0.05) is 19.5 Å². The zero-order chi connectivity index (χ0) is 12.5. The number of hydrogen-bond acceptors (Lipinski definition) is 4. The first kappa shape index (κ1) is 11.6. The highest BCUT2D eigenvalue weighted by molar-refractivity contribution is 7.18. The second-order valence-electron chi connectivity index (χ2n) is 4.22. The maximum atomic E-state index is 13.1. The SMILES string of the molecule is O=C1NCCNC1Cc1nc2ccc(F)cc2s1. The molecule has 2 aromatic rings. The zero-order valence-electron chi connectivity index (χ0n) is 9.57. The van der Waals surface area contributed by atoms with E-state index >= 15 is 0 Å². The van der Waals surface area contributed by atoms with Gasteiger partial charge in [0.1, 0.15) is 5.82 Å².